The number of fused-ring (bicyclic) bond motifs is 1. The third-order valence-corrected chi connectivity index (χ3v) is 4.69. The van der Waals surface area contributed by atoms with Gasteiger partial charge < -0.3 is 20.1 Å². The Morgan fingerprint density at radius 3 is 2.65 bits per heavy atom. The molecular formula is C18H23N5O3. The Hall–Kier alpha value is -2.74. The number of Topliss-reactive ketones (excluding diaryl/α,β-unsaturated/α-hetero) is 1. The summed E-state index contributed by atoms with van der Waals surface area (Å²) in [6, 6.07) is 1.75. The van der Waals surface area contributed by atoms with E-state index >= 15 is 0 Å². The van der Waals surface area contributed by atoms with Crippen LogP contribution in [-0.4, -0.2) is 77.1 Å². The molecule has 0 saturated carbocycles. The number of nitrogens with zero attached hydrogens (tertiary/aromatic N) is 3. The zero-order valence-corrected chi connectivity index (χ0v) is 15.4. The van der Waals surface area contributed by atoms with Gasteiger partial charge in [0, 0.05) is 51.4 Å². The summed E-state index contributed by atoms with van der Waals surface area (Å²) in [5.74, 6) is -1.35. The third-order valence-electron chi connectivity index (χ3n) is 4.69. The van der Waals surface area contributed by atoms with Gasteiger partial charge in [0.2, 0.25) is 0 Å². The summed E-state index contributed by atoms with van der Waals surface area (Å²) in [7, 11) is 3.05. The Morgan fingerprint density at radius 2 is 2.00 bits per heavy atom. The van der Waals surface area contributed by atoms with Crippen LogP contribution in [0.4, 0.5) is 0 Å². The van der Waals surface area contributed by atoms with Crippen molar-refractivity contribution in [3.63, 3.8) is 0 Å². The first-order valence-electron chi connectivity index (χ1n) is 8.57. The van der Waals surface area contributed by atoms with E-state index in [1.165, 1.54) is 25.2 Å². The monoisotopic (exact) mass is 357 g/mol. The van der Waals surface area contributed by atoms with Gasteiger partial charge in [-0.15, -0.1) is 0 Å². The number of rotatable bonds is 3. The fourth-order valence-electron chi connectivity index (χ4n) is 3.16. The van der Waals surface area contributed by atoms with Gasteiger partial charge in [0.1, 0.15) is 5.65 Å². The summed E-state index contributed by atoms with van der Waals surface area (Å²) in [5, 5.41) is 3.74. The SMILES string of the molecule is Cc1nc2[nH]cc(C(=O)C(=O)N(C)C)c2cc1C(=O)N1CCNC[C@H]1C. The van der Waals surface area contributed by atoms with Crippen molar-refractivity contribution in [2.24, 2.45) is 0 Å². The van der Waals surface area contributed by atoms with E-state index in [1.54, 1.807) is 13.0 Å². The quantitative estimate of drug-likeness (QED) is 0.618. The van der Waals surface area contributed by atoms with E-state index in [9.17, 15) is 14.4 Å². The maximum absolute atomic E-state index is 13.0. The number of nitrogens with one attached hydrogen (secondary N) is 2. The second-order valence-corrected chi connectivity index (χ2v) is 6.80. The van der Waals surface area contributed by atoms with Crippen LogP contribution in [0.2, 0.25) is 0 Å². The van der Waals surface area contributed by atoms with Crippen molar-refractivity contribution in [3.8, 4) is 0 Å². The highest BCUT2D eigenvalue weighted by Gasteiger charge is 2.27. The molecule has 0 radical (unpaired) electrons. The first-order chi connectivity index (χ1) is 12.3. The predicted octanol–water partition coefficient (Wildman–Crippen LogP) is 0.576. The van der Waals surface area contributed by atoms with Gasteiger partial charge in [0.05, 0.1) is 16.8 Å². The number of pyridine rings is 1. The van der Waals surface area contributed by atoms with Crippen LogP contribution in [-0.2, 0) is 4.79 Å². The standard InChI is InChI=1S/C18H23N5O3/c1-10-8-19-5-6-23(10)17(25)12-7-13-14(15(24)18(26)22(3)4)9-20-16(13)21-11(12)2/h7,9-10,19H,5-6,8H2,1-4H3,(H,20,21)/t10-/m1/s1. The van der Waals surface area contributed by atoms with Crippen LogP contribution in [0.25, 0.3) is 11.0 Å². The number of likely N-dealkylation sites (N-methyl/N-ethyl adjacent to an activating group) is 1. The highest BCUT2D eigenvalue weighted by Crippen LogP contribution is 2.23. The zero-order valence-electron chi connectivity index (χ0n) is 15.4. The minimum Gasteiger partial charge on any atom is -0.345 e. The van der Waals surface area contributed by atoms with Crippen LogP contribution in [0.5, 0.6) is 0 Å². The van der Waals surface area contributed by atoms with Crippen molar-refractivity contribution in [3.05, 3.63) is 29.1 Å². The predicted molar refractivity (Wildman–Crippen MR) is 97.2 cm³/mol. The Morgan fingerprint density at radius 1 is 1.27 bits per heavy atom. The lowest BCUT2D eigenvalue weighted by Gasteiger charge is -2.34. The Labute approximate surface area is 151 Å². The van der Waals surface area contributed by atoms with Crippen LogP contribution < -0.4 is 5.32 Å². The first kappa shape index (κ1) is 18.1. The average molecular weight is 357 g/mol. The highest BCUT2D eigenvalue weighted by atomic mass is 16.2. The third kappa shape index (κ3) is 3.08. The van der Waals surface area contributed by atoms with Crippen molar-refractivity contribution in [2.45, 2.75) is 19.9 Å². The molecule has 2 aromatic heterocycles. The minimum absolute atomic E-state index is 0.0778. The number of hydrogen-bond acceptors (Lipinski definition) is 5. The molecule has 0 bridgehead atoms. The molecule has 1 saturated heterocycles. The molecule has 2 amide bonds. The fourth-order valence-corrected chi connectivity index (χ4v) is 3.16. The van der Waals surface area contributed by atoms with E-state index in [-0.39, 0.29) is 17.5 Å². The van der Waals surface area contributed by atoms with Crippen LogP contribution in [0.15, 0.2) is 12.3 Å². The molecule has 8 heteroatoms. The number of H-pyrrole nitrogens is 1. The van der Waals surface area contributed by atoms with Gasteiger partial charge in [-0.05, 0) is 19.9 Å². The number of ketones is 1. The number of aryl methyl sites for hydroxylation is 1. The van der Waals surface area contributed by atoms with Crippen LogP contribution >= 0.6 is 0 Å². The molecule has 0 aliphatic carbocycles. The second kappa shape index (κ2) is 6.87. The van der Waals surface area contributed by atoms with E-state index in [4.69, 9.17) is 0 Å². The molecule has 1 aliphatic rings. The molecule has 8 nitrogen and oxygen atoms in total. The second-order valence-electron chi connectivity index (χ2n) is 6.80. The van der Waals surface area contributed by atoms with Gasteiger partial charge in [-0.2, -0.15) is 0 Å². The lowest BCUT2D eigenvalue weighted by atomic mass is 10.0. The van der Waals surface area contributed by atoms with Crippen molar-refractivity contribution >= 4 is 28.6 Å². The van der Waals surface area contributed by atoms with Crippen LogP contribution in [0.1, 0.15) is 33.3 Å². The molecule has 1 aliphatic heterocycles. The van der Waals surface area contributed by atoms with Crippen molar-refractivity contribution in [1.82, 2.24) is 25.1 Å². The summed E-state index contributed by atoms with van der Waals surface area (Å²) in [5.41, 5.74) is 1.76. The number of aromatic nitrogens is 2. The van der Waals surface area contributed by atoms with E-state index in [1.807, 2.05) is 11.8 Å². The van der Waals surface area contributed by atoms with Crippen LogP contribution in [0.3, 0.4) is 0 Å². The molecule has 0 unspecified atom stereocenters. The zero-order chi connectivity index (χ0) is 19.0. The van der Waals surface area contributed by atoms with E-state index in [0.29, 0.717) is 28.8 Å². The topological polar surface area (TPSA) is 98.4 Å². The van der Waals surface area contributed by atoms with Crippen molar-refractivity contribution in [1.29, 1.82) is 0 Å². The van der Waals surface area contributed by atoms with Crippen LogP contribution in [0, 0.1) is 6.92 Å². The number of aromatic amines is 1. The first-order valence-corrected chi connectivity index (χ1v) is 8.57. The summed E-state index contributed by atoms with van der Waals surface area (Å²) in [6.07, 6.45) is 1.47. The minimum atomic E-state index is -0.624. The molecule has 1 fully saturated rings. The summed E-state index contributed by atoms with van der Waals surface area (Å²) < 4.78 is 0. The molecule has 138 valence electrons. The van der Waals surface area contributed by atoms with E-state index < -0.39 is 11.7 Å². The summed E-state index contributed by atoms with van der Waals surface area (Å²) >= 11 is 0. The Balaban J connectivity index is 2.03. The molecule has 3 rings (SSSR count). The van der Waals surface area contributed by atoms with E-state index in [2.05, 4.69) is 15.3 Å². The number of amides is 2. The van der Waals surface area contributed by atoms with Gasteiger partial charge >= 0.3 is 0 Å². The van der Waals surface area contributed by atoms with E-state index in [0.717, 1.165) is 13.1 Å². The lowest BCUT2D eigenvalue weighted by Crippen LogP contribution is -2.52. The van der Waals surface area contributed by atoms with Crippen molar-refractivity contribution < 1.29 is 14.4 Å². The average Bonchev–Trinajstić information content (AvgIpc) is 3.02. The Kier molecular flexibility index (Phi) is 4.78. The fraction of sp³-hybridized carbons (Fsp3) is 0.444. The largest absolute Gasteiger partial charge is 0.345 e. The van der Waals surface area contributed by atoms with Gasteiger partial charge in [-0.1, -0.05) is 0 Å². The molecule has 2 aromatic rings. The number of piperazine rings is 1. The maximum atomic E-state index is 13.0. The molecule has 1 atom stereocenters. The van der Waals surface area contributed by atoms with Gasteiger partial charge in [0.25, 0.3) is 17.6 Å². The van der Waals surface area contributed by atoms with Gasteiger partial charge in [-0.3, -0.25) is 14.4 Å². The lowest BCUT2D eigenvalue weighted by molar-refractivity contribution is -0.124. The summed E-state index contributed by atoms with van der Waals surface area (Å²) in [6.45, 7) is 5.87. The molecular weight excluding hydrogens is 334 g/mol. The number of hydrogen-bond donors (Lipinski definition) is 2. The molecule has 0 spiro atoms. The molecule has 26 heavy (non-hydrogen) atoms. The van der Waals surface area contributed by atoms with Gasteiger partial charge in [0.15, 0.2) is 0 Å². The molecule has 0 aromatic carbocycles. The van der Waals surface area contributed by atoms with Crippen molar-refractivity contribution in [2.75, 3.05) is 33.7 Å². The molecule has 2 N–H and O–H groups in total. The molecule has 3 heterocycles. The number of carbonyl (C=O) groups is 3. The normalized spacial score (nSPS) is 17.4. The smallest absolute Gasteiger partial charge is 0.294 e. The highest BCUT2D eigenvalue weighted by molar-refractivity contribution is 6.44. The Bertz CT molecular complexity index is 886. The summed E-state index contributed by atoms with van der Waals surface area (Å²) in [4.78, 5) is 47.9. The number of carbonyl (C=O) groups excluding carboxylic acids is 3. The van der Waals surface area contributed by atoms with Gasteiger partial charge in [-0.25, -0.2) is 4.98 Å². The maximum Gasteiger partial charge on any atom is 0.294 e.